The normalized spacial score (nSPS) is 12.8. The highest BCUT2D eigenvalue weighted by atomic mass is 15.1. The Hall–Kier alpha value is -6.70. The van der Waals surface area contributed by atoms with Gasteiger partial charge in [0.1, 0.15) is 0 Å². The fraction of sp³-hybridized carbons (Fsp3) is 0.0196. The molecule has 0 amide bonds. The predicted octanol–water partition coefficient (Wildman–Crippen LogP) is 13.5. The molecule has 0 heterocycles. The summed E-state index contributed by atoms with van der Waals surface area (Å²) >= 11 is 0. The van der Waals surface area contributed by atoms with E-state index >= 15 is 0 Å². The van der Waals surface area contributed by atoms with Crippen LogP contribution in [0, 0.1) is 0 Å². The van der Waals surface area contributed by atoms with Gasteiger partial charge >= 0.3 is 0 Å². The lowest BCUT2D eigenvalue weighted by molar-refractivity contribution is 0.768. The van der Waals surface area contributed by atoms with Crippen molar-refractivity contribution in [3.63, 3.8) is 0 Å². The zero-order valence-electron chi connectivity index (χ0n) is 28.7. The quantitative estimate of drug-likeness (QED) is 0.171. The third-order valence-corrected chi connectivity index (χ3v) is 10.9. The summed E-state index contributed by atoms with van der Waals surface area (Å²) in [6.07, 6.45) is 0. The van der Waals surface area contributed by atoms with Crippen LogP contribution in [0.15, 0.2) is 212 Å². The maximum Gasteiger partial charge on any atom is 0.0714 e. The number of benzene rings is 9. The minimum atomic E-state index is -0.474. The van der Waals surface area contributed by atoms with Crippen LogP contribution >= 0.6 is 0 Å². The van der Waals surface area contributed by atoms with Crippen LogP contribution in [0.2, 0.25) is 0 Å². The molecule has 0 bridgehead atoms. The minimum Gasteiger partial charge on any atom is -0.310 e. The molecule has 1 heteroatoms. The average Bonchev–Trinajstić information content (AvgIpc) is 3.53. The summed E-state index contributed by atoms with van der Waals surface area (Å²) in [6, 6.07) is 77.8. The van der Waals surface area contributed by atoms with Crippen LogP contribution in [0.3, 0.4) is 0 Å². The SMILES string of the molecule is c1ccc(C2(c3ccccc3)c3ccccc3-c3c(N(c4ccc(-c5cccc6ccccc56)cc4)c4ccc5ccccc5c4)cccc32)cc1. The monoisotopic (exact) mass is 661 g/mol. The Labute approximate surface area is 304 Å². The van der Waals surface area contributed by atoms with Crippen LogP contribution in [0.25, 0.3) is 43.8 Å². The second kappa shape index (κ2) is 12.3. The van der Waals surface area contributed by atoms with Gasteiger partial charge in [0, 0.05) is 16.9 Å². The summed E-state index contributed by atoms with van der Waals surface area (Å²) in [4.78, 5) is 2.46. The molecule has 0 spiro atoms. The molecule has 1 nitrogen and oxygen atoms in total. The molecule has 0 saturated carbocycles. The Morgan fingerprint density at radius 2 is 0.904 bits per heavy atom. The van der Waals surface area contributed by atoms with E-state index in [1.165, 1.54) is 66.1 Å². The Bertz CT molecular complexity index is 2680. The molecule has 0 saturated heterocycles. The van der Waals surface area contributed by atoms with Gasteiger partial charge in [0.25, 0.3) is 0 Å². The van der Waals surface area contributed by atoms with Crippen molar-refractivity contribution in [1.82, 2.24) is 0 Å². The third-order valence-electron chi connectivity index (χ3n) is 10.9. The van der Waals surface area contributed by atoms with Crippen molar-refractivity contribution in [2.24, 2.45) is 0 Å². The lowest BCUT2D eigenvalue weighted by Crippen LogP contribution is -2.28. The molecule has 0 atom stereocenters. The van der Waals surface area contributed by atoms with Gasteiger partial charge in [-0.1, -0.05) is 182 Å². The predicted molar refractivity (Wildman–Crippen MR) is 219 cm³/mol. The molecule has 1 aliphatic carbocycles. The van der Waals surface area contributed by atoms with E-state index in [0.717, 1.165) is 17.1 Å². The number of fused-ring (bicyclic) bond motifs is 5. The molecule has 0 fully saturated rings. The fourth-order valence-corrected chi connectivity index (χ4v) is 8.67. The van der Waals surface area contributed by atoms with Gasteiger partial charge in [-0.3, -0.25) is 0 Å². The lowest BCUT2D eigenvalue weighted by atomic mass is 9.68. The largest absolute Gasteiger partial charge is 0.310 e. The van der Waals surface area contributed by atoms with Gasteiger partial charge in [-0.05, 0) is 90.8 Å². The Morgan fingerprint density at radius 3 is 1.67 bits per heavy atom. The molecule has 9 aromatic rings. The van der Waals surface area contributed by atoms with Crippen LogP contribution in [0.1, 0.15) is 22.3 Å². The van der Waals surface area contributed by atoms with E-state index < -0.39 is 5.41 Å². The van der Waals surface area contributed by atoms with Gasteiger partial charge in [-0.25, -0.2) is 0 Å². The number of hydrogen-bond acceptors (Lipinski definition) is 1. The topological polar surface area (TPSA) is 3.24 Å². The van der Waals surface area contributed by atoms with Crippen molar-refractivity contribution in [1.29, 1.82) is 0 Å². The number of hydrogen-bond donors (Lipinski definition) is 0. The van der Waals surface area contributed by atoms with Crippen LogP contribution in [0.4, 0.5) is 17.1 Å². The summed E-state index contributed by atoms with van der Waals surface area (Å²) in [5.74, 6) is 0. The van der Waals surface area contributed by atoms with Crippen molar-refractivity contribution >= 4 is 38.6 Å². The van der Waals surface area contributed by atoms with Crippen LogP contribution in [-0.4, -0.2) is 0 Å². The van der Waals surface area contributed by atoms with Crippen molar-refractivity contribution in [2.45, 2.75) is 5.41 Å². The van der Waals surface area contributed by atoms with Crippen molar-refractivity contribution in [2.75, 3.05) is 4.90 Å². The summed E-state index contributed by atoms with van der Waals surface area (Å²) in [5.41, 5.74) is 13.0. The van der Waals surface area contributed by atoms with E-state index in [2.05, 4.69) is 217 Å². The standard InChI is InChI=1S/C51H35N/c1-3-19-40(20-4-1)51(41-21-5-2-6-22-41)47-26-12-11-24-46(47)50-48(51)27-14-28-49(50)52(43-34-29-36-15-7-8-17-39(36)35-43)42-32-30-38(31-33-42)45-25-13-18-37-16-9-10-23-44(37)45/h1-35H. The highest BCUT2D eigenvalue weighted by Crippen LogP contribution is 2.59. The first-order chi connectivity index (χ1) is 25.8. The van der Waals surface area contributed by atoms with Crippen LogP contribution < -0.4 is 4.90 Å². The maximum absolute atomic E-state index is 2.46. The lowest BCUT2D eigenvalue weighted by Gasteiger charge is -2.34. The smallest absolute Gasteiger partial charge is 0.0714 e. The van der Waals surface area contributed by atoms with Gasteiger partial charge in [0.05, 0.1) is 11.1 Å². The fourth-order valence-electron chi connectivity index (χ4n) is 8.67. The molecule has 9 aromatic carbocycles. The molecular weight excluding hydrogens is 627 g/mol. The second-order valence-corrected chi connectivity index (χ2v) is 13.7. The first-order valence-electron chi connectivity index (χ1n) is 18.0. The number of nitrogens with zero attached hydrogens (tertiary/aromatic N) is 1. The van der Waals surface area contributed by atoms with Crippen molar-refractivity contribution in [3.05, 3.63) is 235 Å². The Balaban J connectivity index is 1.23. The summed E-state index contributed by atoms with van der Waals surface area (Å²) in [5, 5.41) is 4.96. The van der Waals surface area contributed by atoms with E-state index in [-0.39, 0.29) is 0 Å². The summed E-state index contributed by atoms with van der Waals surface area (Å²) < 4.78 is 0. The zero-order chi connectivity index (χ0) is 34.5. The third kappa shape index (κ3) is 4.63. The average molecular weight is 662 g/mol. The highest BCUT2D eigenvalue weighted by Gasteiger charge is 2.47. The van der Waals surface area contributed by atoms with Gasteiger partial charge in [-0.2, -0.15) is 0 Å². The zero-order valence-corrected chi connectivity index (χ0v) is 28.7. The van der Waals surface area contributed by atoms with Gasteiger partial charge in [-0.15, -0.1) is 0 Å². The molecule has 0 unspecified atom stereocenters. The first kappa shape index (κ1) is 30.2. The maximum atomic E-state index is 2.46. The molecule has 10 rings (SSSR count). The van der Waals surface area contributed by atoms with Crippen LogP contribution in [-0.2, 0) is 5.41 Å². The van der Waals surface area contributed by atoms with E-state index in [9.17, 15) is 0 Å². The molecule has 1 aliphatic rings. The van der Waals surface area contributed by atoms with E-state index in [4.69, 9.17) is 0 Å². The number of rotatable bonds is 6. The van der Waals surface area contributed by atoms with Crippen molar-refractivity contribution in [3.8, 4) is 22.3 Å². The molecule has 0 N–H and O–H groups in total. The first-order valence-corrected chi connectivity index (χ1v) is 18.0. The van der Waals surface area contributed by atoms with E-state index in [0.29, 0.717) is 0 Å². The Kier molecular flexibility index (Phi) is 7.11. The number of anilines is 3. The summed E-state index contributed by atoms with van der Waals surface area (Å²) in [7, 11) is 0. The molecule has 0 radical (unpaired) electrons. The van der Waals surface area contributed by atoms with Gasteiger partial charge in [0.15, 0.2) is 0 Å². The minimum absolute atomic E-state index is 0.474. The molecule has 0 aromatic heterocycles. The Morgan fingerprint density at radius 1 is 0.346 bits per heavy atom. The van der Waals surface area contributed by atoms with E-state index in [1.807, 2.05) is 0 Å². The van der Waals surface area contributed by atoms with Gasteiger partial charge in [0.2, 0.25) is 0 Å². The molecular formula is C51H35N. The second-order valence-electron chi connectivity index (χ2n) is 13.7. The molecule has 52 heavy (non-hydrogen) atoms. The van der Waals surface area contributed by atoms with E-state index in [1.54, 1.807) is 0 Å². The highest BCUT2D eigenvalue weighted by molar-refractivity contribution is 6.00. The van der Waals surface area contributed by atoms with Gasteiger partial charge < -0.3 is 4.90 Å². The molecule has 0 aliphatic heterocycles. The van der Waals surface area contributed by atoms with Crippen LogP contribution in [0.5, 0.6) is 0 Å². The van der Waals surface area contributed by atoms with Crippen molar-refractivity contribution < 1.29 is 0 Å². The summed E-state index contributed by atoms with van der Waals surface area (Å²) in [6.45, 7) is 0. The molecule has 244 valence electrons.